The molecular formula is C16H24F3N5O3. The van der Waals surface area contributed by atoms with Gasteiger partial charge in [0.25, 0.3) is 0 Å². The van der Waals surface area contributed by atoms with Crippen molar-refractivity contribution in [3.63, 3.8) is 0 Å². The first-order valence-corrected chi connectivity index (χ1v) is 8.59. The molecule has 0 spiro atoms. The van der Waals surface area contributed by atoms with Gasteiger partial charge in [-0.3, -0.25) is 0 Å². The summed E-state index contributed by atoms with van der Waals surface area (Å²) in [5.41, 5.74) is -1.70. The maximum Gasteiger partial charge on any atom is 0.536 e. The summed E-state index contributed by atoms with van der Waals surface area (Å²) in [6, 6.07) is 0. The van der Waals surface area contributed by atoms with Crippen molar-refractivity contribution >= 4 is 12.0 Å². The fraction of sp³-hybridized carbons (Fsp3) is 0.688. The van der Waals surface area contributed by atoms with Crippen LogP contribution in [0.25, 0.3) is 0 Å². The summed E-state index contributed by atoms with van der Waals surface area (Å²) in [4.78, 5) is 21.5. The third-order valence-corrected chi connectivity index (χ3v) is 4.07. The Balaban J connectivity index is 2.04. The standard InChI is InChI=1S/C16H24F3N5O3/c1-5-24(26,14(25)27-15(2,3)4)23-8-6-22(7-9-23)13-20-10-12(11-21-13)16(17,18)19/h10-11H,5-9H2,1-4H3. The Hall–Kier alpha value is -1.98. The molecule has 0 aliphatic carbocycles. The zero-order chi connectivity index (χ0) is 20.5. The highest BCUT2D eigenvalue weighted by molar-refractivity contribution is 5.60. The van der Waals surface area contributed by atoms with Crippen LogP contribution in [0.1, 0.15) is 33.3 Å². The molecule has 2 heterocycles. The molecule has 0 N–H and O–H groups in total. The summed E-state index contributed by atoms with van der Waals surface area (Å²) >= 11 is 0. The van der Waals surface area contributed by atoms with Crippen LogP contribution < -0.4 is 4.90 Å². The lowest BCUT2D eigenvalue weighted by atomic mass is 10.2. The lowest BCUT2D eigenvalue weighted by molar-refractivity contribution is -0.928. The molecule has 1 aromatic heterocycles. The van der Waals surface area contributed by atoms with Gasteiger partial charge in [0.2, 0.25) is 5.95 Å². The maximum atomic E-state index is 13.0. The molecule has 1 fully saturated rings. The second kappa shape index (κ2) is 7.56. The Kier molecular flexibility index (Phi) is 5.97. The van der Waals surface area contributed by atoms with Gasteiger partial charge in [-0.1, -0.05) is 0 Å². The van der Waals surface area contributed by atoms with E-state index < -0.39 is 28.2 Å². The monoisotopic (exact) mass is 391 g/mol. The van der Waals surface area contributed by atoms with E-state index in [1.807, 2.05) is 0 Å². The Morgan fingerprint density at radius 3 is 2.11 bits per heavy atom. The zero-order valence-corrected chi connectivity index (χ0v) is 15.8. The molecule has 152 valence electrons. The largest absolute Gasteiger partial charge is 0.601 e. The van der Waals surface area contributed by atoms with Crippen LogP contribution >= 0.6 is 0 Å². The van der Waals surface area contributed by atoms with Gasteiger partial charge in [-0.2, -0.15) is 22.7 Å². The molecule has 8 nitrogen and oxygen atoms in total. The van der Waals surface area contributed by atoms with Crippen molar-refractivity contribution < 1.29 is 27.5 Å². The van der Waals surface area contributed by atoms with Gasteiger partial charge in [-0.15, -0.1) is 5.01 Å². The number of hydrogen-bond donors (Lipinski definition) is 0. The third kappa shape index (κ3) is 5.05. The van der Waals surface area contributed by atoms with Crippen molar-refractivity contribution in [3.8, 4) is 0 Å². The summed E-state index contributed by atoms with van der Waals surface area (Å²) < 4.78 is 41.8. The Morgan fingerprint density at radius 2 is 1.70 bits per heavy atom. The van der Waals surface area contributed by atoms with Crippen molar-refractivity contribution in [2.75, 3.05) is 37.6 Å². The highest BCUT2D eigenvalue weighted by Gasteiger charge is 2.40. The first-order valence-electron chi connectivity index (χ1n) is 8.59. The van der Waals surface area contributed by atoms with Gasteiger partial charge in [0.1, 0.15) is 12.1 Å². The maximum absolute atomic E-state index is 13.0. The summed E-state index contributed by atoms with van der Waals surface area (Å²) in [5, 5.41) is 14.5. The minimum Gasteiger partial charge on any atom is -0.601 e. The predicted octanol–water partition coefficient (Wildman–Crippen LogP) is 2.80. The third-order valence-electron chi connectivity index (χ3n) is 4.07. The van der Waals surface area contributed by atoms with Gasteiger partial charge >= 0.3 is 12.3 Å². The molecule has 11 heteroatoms. The molecule has 0 bridgehead atoms. The van der Waals surface area contributed by atoms with Gasteiger partial charge in [-0.05, 0) is 27.7 Å². The number of alkyl halides is 3. The molecule has 1 saturated heterocycles. The Bertz CT molecular complexity index is 655. The van der Waals surface area contributed by atoms with E-state index in [1.165, 1.54) is 5.01 Å². The number of carbonyl (C=O) groups is 1. The SMILES string of the molecule is CC[N+]([O-])(C(=O)OC(C)(C)C)N1CCN(c2ncc(C(F)(F)F)cn2)CC1. The number of quaternary nitrogens is 1. The highest BCUT2D eigenvalue weighted by atomic mass is 19.4. The van der Waals surface area contributed by atoms with E-state index in [0.717, 1.165) is 12.4 Å². The smallest absolute Gasteiger partial charge is 0.536 e. The van der Waals surface area contributed by atoms with Crippen LogP contribution in [0, 0.1) is 5.21 Å². The van der Waals surface area contributed by atoms with Crippen molar-refractivity contribution in [2.45, 2.75) is 39.5 Å². The minimum absolute atomic E-state index is 0.0221. The molecule has 1 amide bonds. The minimum atomic E-state index is -4.49. The van der Waals surface area contributed by atoms with Crippen LogP contribution in [0.15, 0.2) is 12.4 Å². The van der Waals surface area contributed by atoms with Gasteiger partial charge < -0.3 is 14.8 Å². The molecule has 1 unspecified atom stereocenters. The van der Waals surface area contributed by atoms with Gasteiger partial charge in [0, 0.05) is 25.5 Å². The number of aromatic nitrogens is 2. The summed E-state index contributed by atoms with van der Waals surface area (Å²) in [5.74, 6) is 0.153. The molecule has 0 aromatic carbocycles. The topological polar surface area (TPSA) is 81.6 Å². The van der Waals surface area contributed by atoms with Crippen LogP contribution in [0.4, 0.5) is 23.9 Å². The number of hydroxylamine groups is 2. The number of hydrogen-bond acceptors (Lipinski definition) is 7. The van der Waals surface area contributed by atoms with Crippen LogP contribution in [0.3, 0.4) is 0 Å². The number of ether oxygens (including phenoxy) is 1. The number of carbonyl (C=O) groups excluding carboxylic acids is 1. The highest BCUT2D eigenvalue weighted by Crippen LogP contribution is 2.28. The molecule has 1 aliphatic heterocycles. The second-order valence-electron chi connectivity index (χ2n) is 7.21. The quantitative estimate of drug-likeness (QED) is 0.579. The lowest BCUT2D eigenvalue weighted by Crippen LogP contribution is -2.65. The molecule has 1 aliphatic rings. The average molecular weight is 391 g/mol. The van der Waals surface area contributed by atoms with Crippen LogP contribution in [-0.4, -0.2) is 64.2 Å². The van der Waals surface area contributed by atoms with E-state index in [4.69, 9.17) is 4.74 Å². The lowest BCUT2D eigenvalue weighted by Gasteiger charge is -2.48. The number of piperazine rings is 1. The Morgan fingerprint density at radius 1 is 1.19 bits per heavy atom. The fourth-order valence-electron chi connectivity index (χ4n) is 2.63. The van der Waals surface area contributed by atoms with E-state index in [1.54, 1.807) is 32.6 Å². The van der Waals surface area contributed by atoms with Crippen molar-refractivity contribution in [1.29, 1.82) is 0 Å². The average Bonchev–Trinajstić information content (AvgIpc) is 2.59. The molecule has 0 saturated carbocycles. The number of rotatable bonds is 3. The predicted molar refractivity (Wildman–Crippen MR) is 91.2 cm³/mol. The molecule has 1 aromatic rings. The van der Waals surface area contributed by atoms with E-state index in [0.29, 0.717) is 13.1 Å². The first-order chi connectivity index (χ1) is 12.4. The van der Waals surface area contributed by atoms with E-state index in [9.17, 15) is 23.2 Å². The van der Waals surface area contributed by atoms with Crippen LogP contribution in [0.2, 0.25) is 0 Å². The van der Waals surface area contributed by atoms with Crippen molar-refractivity contribution in [2.24, 2.45) is 0 Å². The number of halogens is 3. The van der Waals surface area contributed by atoms with E-state index in [2.05, 4.69) is 9.97 Å². The van der Waals surface area contributed by atoms with Gasteiger partial charge in [-0.25, -0.2) is 9.97 Å². The number of amides is 1. The van der Waals surface area contributed by atoms with Crippen molar-refractivity contribution in [1.82, 2.24) is 15.0 Å². The molecule has 27 heavy (non-hydrogen) atoms. The second-order valence-corrected chi connectivity index (χ2v) is 7.21. The van der Waals surface area contributed by atoms with Gasteiger partial charge in [0.05, 0.1) is 18.7 Å². The number of anilines is 1. The van der Waals surface area contributed by atoms with Crippen LogP contribution in [0.5, 0.6) is 0 Å². The van der Waals surface area contributed by atoms with Crippen molar-refractivity contribution in [3.05, 3.63) is 23.2 Å². The molecular weight excluding hydrogens is 367 g/mol. The van der Waals surface area contributed by atoms with Crippen LogP contribution in [-0.2, 0) is 10.9 Å². The fourth-order valence-corrected chi connectivity index (χ4v) is 2.63. The zero-order valence-electron chi connectivity index (χ0n) is 15.8. The van der Waals surface area contributed by atoms with E-state index >= 15 is 0 Å². The number of nitrogens with zero attached hydrogens (tertiary/aromatic N) is 5. The first kappa shape index (κ1) is 21.3. The van der Waals surface area contributed by atoms with E-state index in [-0.39, 0.29) is 25.6 Å². The molecule has 2 rings (SSSR count). The molecule has 0 radical (unpaired) electrons. The summed E-state index contributed by atoms with van der Waals surface area (Å²) in [6.07, 6.45) is -3.92. The summed E-state index contributed by atoms with van der Waals surface area (Å²) in [7, 11) is 0. The van der Waals surface area contributed by atoms with Gasteiger partial charge in [0.15, 0.2) is 0 Å². The normalized spacial score (nSPS) is 18.9. The molecule has 1 atom stereocenters. The summed E-state index contributed by atoms with van der Waals surface area (Å²) in [6.45, 7) is 7.68. The Labute approximate surface area is 155 Å².